The van der Waals surface area contributed by atoms with Crippen molar-refractivity contribution in [2.45, 2.75) is 32.6 Å². The van der Waals surface area contributed by atoms with Gasteiger partial charge in [-0.15, -0.1) is 0 Å². The molecule has 0 N–H and O–H groups in total. The lowest BCUT2D eigenvalue weighted by molar-refractivity contribution is -0.136. The van der Waals surface area contributed by atoms with Crippen LogP contribution in [0.25, 0.3) is 6.08 Å². The molecule has 0 saturated carbocycles. The fourth-order valence-electron chi connectivity index (χ4n) is 1.69. The van der Waals surface area contributed by atoms with E-state index in [9.17, 15) is 4.79 Å². The minimum absolute atomic E-state index is 0.249. The van der Waals surface area contributed by atoms with Gasteiger partial charge in [-0.25, -0.2) is 4.79 Å². The number of hydrogen-bond donors (Lipinski definition) is 0. The molecule has 3 heteroatoms. The first kappa shape index (κ1) is 14.8. The van der Waals surface area contributed by atoms with E-state index in [2.05, 4.69) is 6.92 Å². The van der Waals surface area contributed by atoms with Crippen LogP contribution < -0.4 is 0 Å². The predicted molar refractivity (Wildman–Crippen MR) is 75.6 cm³/mol. The van der Waals surface area contributed by atoms with Crippen molar-refractivity contribution >= 4 is 23.6 Å². The largest absolute Gasteiger partial charge is 0.466 e. The van der Waals surface area contributed by atoms with Crippen LogP contribution in [-0.4, -0.2) is 13.1 Å². The molecular weight excluding hydrogens is 248 g/mol. The van der Waals surface area contributed by atoms with Crippen LogP contribution in [0.1, 0.15) is 38.2 Å². The van der Waals surface area contributed by atoms with Crippen LogP contribution in [0.2, 0.25) is 5.02 Å². The van der Waals surface area contributed by atoms with E-state index >= 15 is 0 Å². The number of ether oxygens (including phenoxy) is 1. The topological polar surface area (TPSA) is 26.3 Å². The average Bonchev–Trinajstić information content (AvgIpc) is 2.39. The summed E-state index contributed by atoms with van der Waals surface area (Å²) in [5, 5.41) is 0.692. The quantitative estimate of drug-likeness (QED) is 0.431. The van der Waals surface area contributed by atoms with Crippen molar-refractivity contribution in [2.24, 2.45) is 0 Å². The van der Waals surface area contributed by atoms with Crippen LogP contribution in [0.3, 0.4) is 0 Å². The van der Waals surface area contributed by atoms with Gasteiger partial charge in [0.05, 0.1) is 7.11 Å². The SMILES string of the molecule is CCCCC/C(=C\c1ccc(Cl)cc1)C(=O)OC. The zero-order chi connectivity index (χ0) is 13.4. The molecule has 0 radical (unpaired) electrons. The fraction of sp³-hybridized carbons (Fsp3) is 0.400. The van der Waals surface area contributed by atoms with Crippen molar-refractivity contribution in [3.63, 3.8) is 0 Å². The van der Waals surface area contributed by atoms with Crippen molar-refractivity contribution in [3.8, 4) is 0 Å². The van der Waals surface area contributed by atoms with E-state index in [1.165, 1.54) is 7.11 Å². The molecule has 0 aliphatic heterocycles. The summed E-state index contributed by atoms with van der Waals surface area (Å²) in [5.41, 5.74) is 1.68. The maximum atomic E-state index is 11.7. The standard InChI is InChI=1S/C15H19ClO2/c1-3-4-5-6-13(15(17)18-2)11-12-7-9-14(16)10-8-12/h7-11H,3-6H2,1-2H3/b13-11+. The van der Waals surface area contributed by atoms with Crippen LogP contribution in [-0.2, 0) is 9.53 Å². The van der Waals surface area contributed by atoms with Gasteiger partial charge in [-0.3, -0.25) is 0 Å². The van der Waals surface area contributed by atoms with E-state index in [1.54, 1.807) is 0 Å². The number of carbonyl (C=O) groups excluding carboxylic acids is 1. The van der Waals surface area contributed by atoms with Gasteiger partial charge in [0.25, 0.3) is 0 Å². The van der Waals surface area contributed by atoms with Crippen molar-refractivity contribution in [2.75, 3.05) is 7.11 Å². The summed E-state index contributed by atoms with van der Waals surface area (Å²) < 4.78 is 4.81. The van der Waals surface area contributed by atoms with Crippen LogP contribution in [0, 0.1) is 0 Å². The molecule has 0 spiro atoms. The van der Waals surface area contributed by atoms with Crippen molar-refractivity contribution < 1.29 is 9.53 Å². The smallest absolute Gasteiger partial charge is 0.333 e. The Morgan fingerprint density at radius 2 is 1.94 bits per heavy atom. The second-order valence-electron chi connectivity index (χ2n) is 4.17. The molecular formula is C15H19ClO2. The van der Waals surface area contributed by atoms with E-state index in [1.807, 2.05) is 30.3 Å². The molecule has 18 heavy (non-hydrogen) atoms. The Morgan fingerprint density at radius 1 is 1.28 bits per heavy atom. The van der Waals surface area contributed by atoms with Gasteiger partial charge in [0.2, 0.25) is 0 Å². The monoisotopic (exact) mass is 266 g/mol. The number of unbranched alkanes of at least 4 members (excludes halogenated alkanes) is 2. The third-order valence-corrected chi connectivity index (χ3v) is 2.96. The van der Waals surface area contributed by atoms with E-state index in [0.717, 1.165) is 31.2 Å². The van der Waals surface area contributed by atoms with Crippen LogP contribution >= 0.6 is 11.6 Å². The molecule has 1 rings (SSSR count). The Hall–Kier alpha value is -1.28. The Bertz CT molecular complexity index is 407. The highest BCUT2D eigenvalue weighted by Gasteiger charge is 2.09. The third-order valence-electron chi connectivity index (χ3n) is 2.71. The molecule has 2 nitrogen and oxygen atoms in total. The molecule has 0 aromatic heterocycles. The molecule has 1 aromatic rings. The fourth-order valence-corrected chi connectivity index (χ4v) is 1.82. The summed E-state index contributed by atoms with van der Waals surface area (Å²) in [6, 6.07) is 7.42. The molecule has 0 atom stereocenters. The lowest BCUT2D eigenvalue weighted by atomic mass is 10.0. The predicted octanol–water partition coefficient (Wildman–Crippen LogP) is 4.48. The Labute approximate surface area is 114 Å². The molecule has 0 aliphatic carbocycles. The highest BCUT2D eigenvalue weighted by molar-refractivity contribution is 6.30. The molecule has 0 aliphatic rings. The molecule has 0 bridgehead atoms. The lowest BCUT2D eigenvalue weighted by Gasteiger charge is -2.05. The maximum absolute atomic E-state index is 11.7. The van der Waals surface area contributed by atoms with E-state index in [0.29, 0.717) is 10.6 Å². The first-order valence-electron chi connectivity index (χ1n) is 6.21. The van der Waals surface area contributed by atoms with E-state index in [-0.39, 0.29) is 5.97 Å². The van der Waals surface area contributed by atoms with Gasteiger partial charge < -0.3 is 4.74 Å². The maximum Gasteiger partial charge on any atom is 0.333 e. The summed E-state index contributed by atoms with van der Waals surface area (Å²) in [5.74, 6) is -0.249. The number of rotatable bonds is 6. The highest BCUT2D eigenvalue weighted by atomic mass is 35.5. The number of carbonyl (C=O) groups is 1. The molecule has 0 unspecified atom stereocenters. The Morgan fingerprint density at radius 3 is 2.50 bits per heavy atom. The minimum atomic E-state index is -0.249. The normalized spacial score (nSPS) is 11.4. The molecule has 1 aromatic carbocycles. The van der Waals surface area contributed by atoms with Gasteiger partial charge in [0.1, 0.15) is 0 Å². The van der Waals surface area contributed by atoms with Crippen LogP contribution in [0.15, 0.2) is 29.8 Å². The second-order valence-corrected chi connectivity index (χ2v) is 4.61. The summed E-state index contributed by atoms with van der Waals surface area (Å²) in [6.07, 6.45) is 5.89. The summed E-state index contributed by atoms with van der Waals surface area (Å²) in [6.45, 7) is 2.14. The minimum Gasteiger partial charge on any atom is -0.466 e. The number of benzene rings is 1. The summed E-state index contributed by atoms with van der Waals surface area (Å²) in [7, 11) is 1.41. The third kappa shape index (κ3) is 4.92. The molecule has 0 heterocycles. The summed E-state index contributed by atoms with van der Waals surface area (Å²) >= 11 is 5.83. The number of halogens is 1. The zero-order valence-corrected chi connectivity index (χ0v) is 11.7. The Kier molecular flexibility index (Phi) is 6.51. The lowest BCUT2D eigenvalue weighted by Crippen LogP contribution is -2.04. The van der Waals surface area contributed by atoms with Crippen molar-refractivity contribution in [3.05, 3.63) is 40.4 Å². The molecule has 0 amide bonds. The van der Waals surface area contributed by atoms with Crippen LogP contribution in [0.5, 0.6) is 0 Å². The first-order chi connectivity index (χ1) is 8.67. The van der Waals surface area contributed by atoms with Crippen molar-refractivity contribution in [1.29, 1.82) is 0 Å². The van der Waals surface area contributed by atoms with Gasteiger partial charge in [0.15, 0.2) is 0 Å². The molecule has 98 valence electrons. The van der Waals surface area contributed by atoms with Gasteiger partial charge in [-0.2, -0.15) is 0 Å². The number of hydrogen-bond acceptors (Lipinski definition) is 2. The number of esters is 1. The van der Waals surface area contributed by atoms with Crippen molar-refractivity contribution in [1.82, 2.24) is 0 Å². The van der Waals surface area contributed by atoms with E-state index in [4.69, 9.17) is 16.3 Å². The highest BCUT2D eigenvalue weighted by Crippen LogP contribution is 2.17. The number of methoxy groups -OCH3 is 1. The van der Waals surface area contributed by atoms with Gasteiger partial charge in [0, 0.05) is 10.6 Å². The van der Waals surface area contributed by atoms with Crippen LogP contribution in [0.4, 0.5) is 0 Å². The van der Waals surface area contributed by atoms with Gasteiger partial charge >= 0.3 is 5.97 Å². The van der Waals surface area contributed by atoms with Gasteiger partial charge in [-0.05, 0) is 36.6 Å². The second kappa shape index (κ2) is 7.93. The molecule has 0 fully saturated rings. The molecule has 0 saturated heterocycles. The summed E-state index contributed by atoms with van der Waals surface area (Å²) in [4.78, 5) is 11.7. The Balaban J connectivity index is 2.80. The first-order valence-corrected chi connectivity index (χ1v) is 6.59. The van der Waals surface area contributed by atoms with E-state index < -0.39 is 0 Å². The van der Waals surface area contributed by atoms with Gasteiger partial charge in [-0.1, -0.05) is 43.5 Å². The average molecular weight is 267 g/mol. The zero-order valence-electron chi connectivity index (χ0n) is 10.9.